The first-order valence-electron chi connectivity index (χ1n) is 6.78. The summed E-state index contributed by atoms with van der Waals surface area (Å²) >= 11 is 0. The van der Waals surface area contributed by atoms with Gasteiger partial charge in [0.15, 0.2) is 0 Å². The van der Waals surface area contributed by atoms with E-state index in [-0.39, 0.29) is 0 Å². The van der Waals surface area contributed by atoms with Gasteiger partial charge < -0.3 is 10.1 Å². The third kappa shape index (κ3) is 2.87. The Morgan fingerprint density at radius 3 is 2.52 bits per heavy atom. The Labute approximate surface area is 122 Å². The fourth-order valence-electron chi connectivity index (χ4n) is 2.50. The minimum Gasteiger partial charge on any atom is -0.478 e. The molecule has 2 aromatic carbocycles. The lowest BCUT2D eigenvalue weighted by Crippen LogP contribution is -1.91. The molecule has 0 unspecified atom stereocenters. The lowest BCUT2D eigenvalue weighted by molar-refractivity contribution is -0.131. The van der Waals surface area contributed by atoms with Gasteiger partial charge in [0.1, 0.15) is 0 Å². The smallest absolute Gasteiger partial charge is 0.328 e. The van der Waals surface area contributed by atoms with E-state index in [4.69, 9.17) is 5.11 Å². The van der Waals surface area contributed by atoms with Crippen molar-refractivity contribution in [2.24, 2.45) is 0 Å². The molecule has 2 N–H and O–H groups in total. The van der Waals surface area contributed by atoms with Crippen LogP contribution in [0.25, 0.3) is 17.0 Å². The van der Waals surface area contributed by atoms with Crippen molar-refractivity contribution in [1.29, 1.82) is 0 Å². The molecule has 3 aromatic rings. The van der Waals surface area contributed by atoms with Gasteiger partial charge in [0.2, 0.25) is 0 Å². The Kier molecular flexibility index (Phi) is 3.56. The molecule has 0 aliphatic rings. The minimum atomic E-state index is -0.939. The molecule has 1 aromatic heterocycles. The van der Waals surface area contributed by atoms with E-state index in [1.807, 2.05) is 42.5 Å². The predicted octanol–water partition coefficient (Wildman–Crippen LogP) is 3.86. The van der Waals surface area contributed by atoms with Crippen molar-refractivity contribution in [2.75, 3.05) is 0 Å². The van der Waals surface area contributed by atoms with Crippen LogP contribution in [0.1, 0.15) is 16.8 Å². The molecular weight excluding hydrogens is 262 g/mol. The normalized spacial score (nSPS) is 11.2. The van der Waals surface area contributed by atoms with Crippen LogP contribution in [0.5, 0.6) is 0 Å². The number of hydrogen-bond acceptors (Lipinski definition) is 1. The fraction of sp³-hybridized carbons (Fsp3) is 0.0556. The number of carboxylic acids is 1. The van der Waals surface area contributed by atoms with Crippen LogP contribution in [0.3, 0.4) is 0 Å². The standard InChI is InChI=1S/C18H15NO2/c20-18(21)11-10-15-14-8-4-5-9-16(14)19-17(15)12-13-6-2-1-3-7-13/h1-11,19H,12H2,(H,20,21). The number of nitrogens with one attached hydrogen (secondary N) is 1. The Balaban J connectivity index is 2.08. The SMILES string of the molecule is O=C(O)C=Cc1c(Cc2ccccc2)[nH]c2ccccc12. The summed E-state index contributed by atoms with van der Waals surface area (Å²) in [6.07, 6.45) is 3.60. The van der Waals surface area contributed by atoms with Crippen LogP contribution in [0.15, 0.2) is 60.7 Å². The van der Waals surface area contributed by atoms with Crippen LogP contribution >= 0.6 is 0 Å². The molecule has 0 aliphatic heterocycles. The number of para-hydroxylation sites is 1. The number of carboxylic acid groups (broad SMARTS) is 1. The minimum absolute atomic E-state index is 0.745. The highest BCUT2D eigenvalue weighted by molar-refractivity contribution is 5.94. The second-order valence-electron chi connectivity index (χ2n) is 4.90. The fourth-order valence-corrected chi connectivity index (χ4v) is 2.50. The maximum atomic E-state index is 10.8. The first-order chi connectivity index (χ1) is 10.2. The number of benzene rings is 2. The van der Waals surface area contributed by atoms with Crippen molar-refractivity contribution in [3.8, 4) is 0 Å². The topological polar surface area (TPSA) is 53.1 Å². The summed E-state index contributed by atoms with van der Waals surface area (Å²) in [6, 6.07) is 18.1. The monoisotopic (exact) mass is 277 g/mol. The Hall–Kier alpha value is -2.81. The third-order valence-electron chi connectivity index (χ3n) is 3.44. The number of aromatic nitrogens is 1. The lowest BCUT2D eigenvalue weighted by atomic mass is 10.0. The van der Waals surface area contributed by atoms with E-state index >= 15 is 0 Å². The Morgan fingerprint density at radius 2 is 1.76 bits per heavy atom. The molecule has 104 valence electrons. The zero-order chi connectivity index (χ0) is 14.7. The average molecular weight is 277 g/mol. The van der Waals surface area contributed by atoms with Gasteiger partial charge in [0.05, 0.1) is 0 Å². The van der Waals surface area contributed by atoms with Crippen LogP contribution in [0.4, 0.5) is 0 Å². The van der Waals surface area contributed by atoms with Gasteiger partial charge in [-0.25, -0.2) is 4.79 Å². The maximum Gasteiger partial charge on any atom is 0.328 e. The quantitative estimate of drug-likeness (QED) is 0.711. The van der Waals surface area contributed by atoms with Gasteiger partial charge in [0.25, 0.3) is 0 Å². The summed E-state index contributed by atoms with van der Waals surface area (Å²) in [5.41, 5.74) is 4.18. The second kappa shape index (κ2) is 5.67. The third-order valence-corrected chi connectivity index (χ3v) is 3.44. The predicted molar refractivity (Wildman–Crippen MR) is 84.2 cm³/mol. The van der Waals surface area contributed by atoms with Gasteiger partial charge in [-0.2, -0.15) is 0 Å². The summed E-state index contributed by atoms with van der Waals surface area (Å²) in [5.74, 6) is -0.939. The molecule has 0 saturated carbocycles. The van der Waals surface area contributed by atoms with Crippen LogP contribution in [-0.2, 0) is 11.2 Å². The highest BCUT2D eigenvalue weighted by atomic mass is 16.4. The van der Waals surface area contributed by atoms with E-state index < -0.39 is 5.97 Å². The number of carbonyl (C=O) groups is 1. The molecule has 0 spiro atoms. The highest BCUT2D eigenvalue weighted by Gasteiger charge is 2.09. The molecule has 0 fully saturated rings. The van der Waals surface area contributed by atoms with Crippen molar-refractivity contribution in [2.45, 2.75) is 6.42 Å². The van der Waals surface area contributed by atoms with Crippen LogP contribution in [0.2, 0.25) is 0 Å². The maximum absolute atomic E-state index is 10.8. The van der Waals surface area contributed by atoms with Crippen molar-refractivity contribution in [3.05, 3.63) is 77.5 Å². The average Bonchev–Trinajstić information content (AvgIpc) is 2.83. The van der Waals surface area contributed by atoms with Gasteiger partial charge in [-0.1, -0.05) is 48.5 Å². The summed E-state index contributed by atoms with van der Waals surface area (Å²) in [6.45, 7) is 0. The summed E-state index contributed by atoms with van der Waals surface area (Å²) in [5, 5.41) is 9.91. The van der Waals surface area contributed by atoms with Gasteiger partial charge in [-0.3, -0.25) is 0 Å². The molecular formula is C18H15NO2. The number of rotatable bonds is 4. The molecule has 21 heavy (non-hydrogen) atoms. The first kappa shape index (κ1) is 13.2. The zero-order valence-corrected chi connectivity index (χ0v) is 11.4. The van der Waals surface area contributed by atoms with E-state index in [0.29, 0.717) is 0 Å². The van der Waals surface area contributed by atoms with Gasteiger partial charge in [0, 0.05) is 34.7 Å². The number of aliphatic carboxylic acids is 1. The number of hydrogen-bond donors (Lipinski definition) is 2. The van der Waals surface area contributed by atoms with E-state index in [1.54, 1.807) is 6.08 Å². The number of aromatic amines is 1. The van der Waals surface area contributed by atoms with Crippen molar-refractivity contribution in [3.63, 3.8) is 0 Å². The molecule has 0 aliphatic carbocycles. The van der Waals surface area contributed by atoms with E-state index in [0.717, 1.165) is 28.6 Å². The largest absolute Gasteiger partial charge is 0.478 e. The summed E-state index contributed by atoms with van der Waals surface area (Å²) < 4.78 is 0. The lowest BCUT2D eigenvalue weighted by Gasteiger charge is -2.01. The highest BCUT2D eigenvalue weighted by Crippen LogP contribution is 2.25. The zero-order valence-electron chi connectivity index (χ0n) is 11.4. The number of H-pyrrole nitrogens is 1. The van der Waals surface area contributed by atoms with E-state index in [9.17, 15) is 4.79 Å². The van der Waals surface area contributed by atoms with Crippen LogP contribution in [0, 0.1) is 0 Å². The van der Waals surface area contributed by atoms with Crippen LogP contribution in [-0.4, -0.2) is 16.1 Å². The molecule has 0 bridgehead atoms. The summed E-state index contributed by atoms with van der Waals surface area (Å²) in [7, 11) is 0. The Bertz CT molecular complexity index is 800. The summed E-state index contributed by atoms with van der Waals surface area (Å²) in [4.78, 5) is 14.2. The molecule has 0 radical (unpaired) electrons. The number of fused-ring (bicyclic) bond motifs is 1. The van der Waals surface area contributed by atoms with Gasteiger partial charge in [-0.05, 0) is 17.7 Å². The molecule has 3 heteroatoms. The van der Waals surface area contributed by atoms with Gasteiger partial charge in [-0.15, -0.1) is 0 Å². The van der Waals surface area contributed by atoms with Crippen molar-refractivity contribution in [1.82, 2.24) is 4.98 Å². The van der Waals surface area contributed by atoms with E-state index in [2.05, 4.69) is 17.1 Å². The molecule has 3 nitrogen and oxygen atoms in total. The Morgan fingerprint density at radius 1 is 1.05 bits per heavy atom. The molecule has 1 heterocycles. The molecule has 3 rings (SSSR count). The van der Waals surface area contributed by atoms with Gasteiger partial charge >= 0.3 is 5.97 Å². The molecule has 0 amide bonds. The van der Waals surface area contributed by atoms with Crippen molar-refractivity contribution >= 4 is 22.9 Å². The van der Waals surface area contributed by atoms with Crippen molar-refractivity contribution < 1.29 is 9.90 Å². The molecule has 0 saturated heterocycles. The first-order valence-corrected chi connectivity index (χ1v) is 6.78. The second-order valence-corrected chi connectivity index (χ2v) is 4.90. The van der Waals surface area contributed by atoms with Crippen LogP contribution < -0.4 is 0 Å². The molecule has 0 atom stereocenters. The van der Waals surface area contributed by atoms with E-state index in [1.165, 1.54) is 11.6 Å².